The molecule has 1 aromatic rings. The van der Waals surface area contributed by atoms with Gasteiger partial charge in [-0.2, -0.15) is 0 Å². The van der Waals surface area contributed by atoms with E-state index in [-0.39, 0.29) is 0 Å². The van der Waals surface area contributed by atoms with Crippen molar-refractivity contribution in [2.75, 3.05) is 13.1 Å². The van der Waals surface area contributed by atoms with Gasteiger partial charge in [0.05, 0.1) is 0 Å². The fraction of sp³-hybridized carbons (Fsp3) is 0.647. The average Bonchev–Trinajstić information content (AvgIpc) is 2.75. The minimum atomic E-state index is -0.586. The van der Waals surface area contributed by atoms with E-state index < -0.39 is 6.17 Å². The number of likely N-dealkylation sites (tertiary alicyclic amines) is 1. The van der Waals surface area contributed by atoms with Crippen LogP contribution in [0, 0.1) is 0 Å². The molecule has 2 heteroatoms. The highest BCUT2D eigenvalue weighted by atomic mass is 19.1. The van der Waals surface area contributed by atoms with E-state index in [1.807, 2.05) is 0 Å². The average molecular weight is 261 g/mol. The van der Waals surface area contributed by atoms with Crippen molar-refractivity contribution >= 4 is 0 Å². The lowest BCUT2D eigenvalue weighted by molar-refractivity contribution is 0.204. The molecule has 104 valence electrons. The third kappa shape index (κ3) is 2.84. The molecule has 1 unspecified atom stereocenters. The third-order valence-electron chi connectivity index (χ3n) is 4.85. The van der Waals surface area contributed by atoms with Crippen molar-refractivity contribution < 1.29 is 4.39 Å². The Labute approximate surface area is 115 Å². The summed E-state index contributed by atoms with van der Waals surface area (Å²) in [6, 6.07) is 7.57. The molecule has 2 aliphatic rings. The van der Waals surface area contributed by atoms with Crippen LogP contribution in [0.4, 0.5) is 4.39 Å². The Kier molecular flexibility index (Phi) is 3.88. The first kappa shape index (κ1) is 13.1. The van der Waals surface area contributed by atoms with Crippen molar-refractivity contribution in [3.8, 4) is 0 Å². The SMILES string of the molecule is CCc1ccc2c(c1)CCC(N1CC[C@H](F)C1)CC2. The molecule has 1 fully saturated rings. The maximum absolute atomic E-state index is 13.4. The van der Waals surface area contributed by atoms with E-state index in [0.717, 1.165) is 25.8 Å². The molecular weight excluding hydrogens is 237 g/mol. The van der Waals surface area contributed by atoms with Gasteiger partial charge in [-0.25, -0.2) is 4.39 Å². The van der Waals surface area contributed by atoms with Crippen LogP contribution in [-0.4, -0.2) is 30.2 Å². The summed E-state index contributed by atoms with van der Waals surface area (Å²) >= 11 is 0. The van der Waals surface area contributed by atoms with Crippen LogP contribution in [0.25, 0.3) is 0 Å². The number of benzene rings is 1. The molecule has 1 aromatic carbocycles. The third-order valence-corrected chi connectivity index (χ3v) is 4.85. The van der Waals surface area contributed by atoms with Gasteiger partial charge in [-0.3, -0.25) is 4.90 Å². The summed E-state index contributed by atoms with van der Waals surface area (Å²) in [4.78, 5) is 2.39. The molecule has 2 atom stereocenters. The highest BCUT2D eigenvalue weighted by Gasteiger charge is 2.29. The first-order valence-corrected chi connectivity index (χ1v) is 7.75. The van der Waals surface area contributed by atoms with E-state index >= 15 is 0 Å². The molecule has 1 saturated heterocycles. The Balaban J connectivity index is 1.70. The molecule has 0 amide bonds. The molecule has 3 rings (SSSR count). The molecule has 0 radical (unpaired) electrons. The maximum Gasteiger partial charge on any atom is 0.114 e. The van der Waals surface area contributed by atoms with Gasteiger partial charge in [0.25, 0.3) is 0 Å². The Morgan fingerprint density at radius 1 is 1.16 bits per heavy atom. The second-order valence-corrected chi connectivity index (χ2v) is 6.07. The van der Waals surface area contributed by atoms with Gasteiger partial charge in [-0.15, -0.1) is 0 Å². The molecule has 19 heavy (non-hydrogen) atoms. The largest absolute Gasteiger partial charge is 0.297 e. The lowest BCUT2D eigenvalue weighted by Crippen LogP contribution is -2.33. The quantitative estimate of drug-likeness (QED) is 0.736. The lowest BCUT2D eigenvalue weighted by atomic mass is 9.99. The van der Waals surface area contributed by atoms with Gasteiger partial charge in [0.15, 0.2) is 0 Å². The number of fused-ring (bicyclic) bond motifs is 1. The summed E-state index contributed by atoms with van der Waals surface area (Å²) in [5, 5.41) is 0. The van der Waals surface area contributed by atoms with Crippen molar-refractivity contribution in [2.24, 2.45) is 0 Å². The minimum Gasteiger partial charge on any atom is -0.297 e. The second-order valence-electron chi connectivity index (χ2n) is 6.07. The number of halogens is 1. The highest BCUT2D eigenvalue weighted by molar-refractivity contribution is 5.33. The van der Waals surface area contributed by atoms with Crippen molar-refractivity contribution in [2.45, 2.75) is 57.7 Å². The van der Waals surface area contributed by atoms with E-state index in [2.05, 4.69) is 30.0 Å². The van der Waals surface area contributed by atoms with Crippen molar-refractivity contribution in [3.05, 3.63) is 34.9 Å². The molecular formula is C17H24FN. The predicted octanol–water partition coefficient (Wildman–Crippen LogP) is 3.54. The lowest BCUT2D eigenvalue weighted by Gasteiger charge is -2.25. The van der Waals surface area contributed by atoms with Crippen LogP contribution >= 0.6 is 0 Å². The Morgan fingerprint density at radius 2 is 1.95 bits per heavy atom. The van der Waals surface area contributed by atoms with Crippen LogP contribution in [0.5, 0.6) is 0 Å². The van der Waals surface area contributed by atoms with Crippen molar-refractivity contribution in [1.29, 1.82) is 0 Å². The van der Waals surface area contributed by atoms with Gasteiger partial charge in [-0.05, 0) is 55.2 Å². The van der Waals surface area contributed by atoms with Gasteiger partial charge in [-0.1, -0.05) is 25.1 Å². The van der Waals surface area contributed by atoms with Crippen molar-refractivity contribution in [3.63, 3.8) is 0 Å². The second kappa shape index (κ2) is 5.62. The van der Waals surface area contributed by atoms with Crippen LogP contribution in [0.15, 0.2) is 18.2 Å². The maximum atomic E-state index is 13.4. The van der Waals surface area contributed by atoms with Gasteiger partial charge in [0.1, 0.15) is 6.17 Å². The molecule has 0 aromatic heterocycles. The predicted molar refractivity (Wildman–Crippen MR) is 77.3 cm³/mol. The van der Waals surface area contributed by atoms with Crippen LogP contribution in [0.3, 0.4) is 0 Å². The molecule has 0 bridgehead atoms. The van der Waals surface area contributed by atoms with Gasteiger partial charge < -0.3 is 0 Å². The van der Waals surface area contributed by atoms with Crippen LogP contribution in [-0.2, 0) is 19.3 Å². The standard InChI is InChI=1S/C17H24FN/c1-2-13-3-4-14-5-7-17(8-6-15(14)11-13)19-10-9-16(18)12-19/h3-4,11,16-17H,2,5-10,12H2,1H3/t16-,17?/m0/s1. The van der Waals surface area contributed by atoms with Crippen LogP contribution in [0.2, 0.25) is 0 Å². The molecule has 0 N–H and O–H groups in total. The number of nitrogens with zero attached hydrogens (tertiary/aromatic N) is 1. The molecule has 0 saturated carbocycles. The molecule has 1 aliphatic carbocycles. The zero-order valence-electron chi connectivity index (χ0n) is 11.9. The molecule has 1 heterocycles. The smallest absolute Gasteiger partial charge is 0.114 e. The first-order chi connectivity index (χ1) is 9.26. The van der Waals surface area contributed by atoms with E-state index in [1.165, 1.54) is 36.0 Å². The van der Waals surface area contributed by atoms with E-state index in [1.54, 1.807) is 0 Å². The number of aryl methyl sites for hydroxylation is 3. The van der Waals surface area contributed by atoms with E-state index in [9.17, 15) is 4.39 Å². The van der Waals surface area contributed by atoms with Crippen molar-refractivity contribution in [1.82, 2.24) is 4.90 Å². The normalized spacial score (nSPS) is 28.1. The fourth-order valence-electron chi connectivity index (χ4n) is 3.60. The summed E-state index contributed by atoms with van der Waals surface area (Å²) in [6.45, 7) is 3.84. The van der Waals surface area contributed by atoms with Gasteiger partial charge in [0.2, 0.25) is 0 Å². The first-order valence-electron chi connectivity index (χ1n) is 7.75. The van der Waals surface area contributed by atoms with Gasteiger partial charge >= 0.3 is 0 Å². The molecule has 0 spiro atoms. The Morgan fingerprint density at radius 3 is 2.63 bits per heavy atom. The van der Waals surface area contributed by atoms with Crippen LogP contribution in [0.1, 0.15) is 42.9 Å². The molecule has 1 nitrogen and oxygen atoms in total. The zero-order chi connectivity index (χ0) is 13.2. The summed E-state index contributed by atoms with van der Waals surface area (Å²) in [6.07, 6.45) is 6.00. The van der Waals surface area contributed by atoms with E-state index in [4.69, 9.17) is 0 Å². The number of hydrogen-bond acceptors (Lipinski definition) is 1. The van der Waals surface area contributed by atoms with E-state index in [0.29, 0.717) is 12.6 Å². The Bertz CT molecular complexity index is 443. The number of alkyl halides is 1. The minimum absolute atomic E-state index is 0.586. The van der Waals surface area contributed by atoms with Crippen LogP contribution < -0.4 is 0 Å². The zero-order valence-corrected chi connectivity index (χ0v) is 11.9. The van der Waals surface area contributed by atoms with Gasteiger partial charge in [0, 0.05) is 19.1 Å². The highest BCUT2D eigenvalue weighted by Crippen LogP contribution is 2.27. The summed E-state index contributed by atoms with van der Waals surface area (Å²) in [5.74, 6) is 0. The number of rotatable bonds is 2. The topological polar surface area (TPSA) is 3.24 Å². The monoisotopic (exact) mass is 261 g/mol. The summed E-state index contributed by atoms with van der Waals surface area (Å²) < 4.78 is 13.4. The summed E-state index contributed by atoms with van der Waals surface area (Å²) in [5.41, 5.74) is 4.51. The fourth-order valence-corrected chi connectivity index (χ4v) is 3.60. The number of hydrogen-bond donors (Lipinski definition) is 0. The Hall–Kier alpha value is -0.890. The summed E-state index contributed by atoms with van der Waals surface area (Å²) in [7, 11) is 0. The molecule has 1 aliphatic heterocycles.